The van der Waals surface area contributed by atoms with Gasteiger partial charge < -0.3 is 5.32 Å². The topological polar surface area (TPSA) is 12.0 Å². The van der Waals surface area contributed by atoms with E-state index in [1.54, 1.807) is 5.57 Å². The van der Waals surface area contributed by atoms with E-state index in [4.69, 9.17) is 0 Å². The Kier molecular flexibility index (Phi) is 3.78. The van der Waals surface area contributed by atoms with Crippen molar-refractivity contribution in [1.82, 2.24) is 5.32 Å². The van der Waals surface area contributed by atoms with E-state index in [2.05, 4.69) is 43.9 Å². The van der Waals surface area contributed by atoms with Gasteiger partial charge in [0.15, 0.2) is 0 Å². The summed E-state index contributed by atoms with van der Waals surface area (Å²) >= 11 is 2.14. The number of allylic oxidation sites excluding steroid dienone is 2. The summed E-state index contributed by atoms with van der Waals surface area (Å²) in [5.41, 5.74) is 1.60. The van der Waals surface area contributed by atoms with Gasteiger partial charge in [-0.25, -0.2) is 0 Å². The second kappa shape index (κ2) is 4.92. The van der Waals surface area contributed by atoms with Crippen molar-refractivity contribution in [2.24, 2.45) is 11.8 Å². The third-order valence-electron chi connectivity index (χ3n) is 3.55. The van der Waals surface area contributed by atoms with Crippen LogP contribution in [0.2, 0.25) is 0 Å². The van der Waals surface area contributed by atoms with Gasteiger partial charge in [0.2, 0.25) is 0 Å². The predicted octanol–water partition coefficient (Wildman–Crippen LogP) is 3.42. The lowest BCUT2D eigenvalue weighted by atomic mass is 9.83. The lowest BCUT2D eigenvalue weighted by Crippen LogP contribution is -2.44. The standard InChI is InChI=1S/C13H23NS/c1-9-6-10(2)8-12(7-9)13-14-11(3)4-5-15-13/h6,9,11-14H,4-5,7-8H2,1-3H3. The summed E-state index contributed by atoms with van der Waals surface area (Å²) < 4.78 is 0. The Hall–Kier alpha value is 0.0500. The van der Waals surface area contributed by atoms with Crippen LogP contribution < -0.4 is 5.32 Å². The normalized spacial score (nSPS) is 42.5. The molecule has 0 radical (unpaired) electrons. The maximum atomic E-state index is 3.76. The van der Waals surface area contributed by atoms with Gasteiger partial charge in [0.25, 0.3) is 0 Å². The Morgan fingerprint density at radius 1 is 1.40 bits per heavy atom. The van der Waals surface area contributed by atoms with Crippen LogP contribution in [-0.4, -0.2) is 17.2 Å². The van der Waals surface area contributed by atoms with E-state index in [0.717, 1.165) is 17.9 Å². The Bertz CT molecular complexity index is 249. The maximum Gasteiger partial charge on any atom is 0.0566 e. The summed E-state index contributed by atoms with van der Waals surface area (Å²) in [5.74, 6) is 2.98. The first-order valence-electron chi connectivity index (χ1n) is 6.20. The number of thioether (sulfide) groups is 1. The van der Waals surface area contributed by atoms with Gasteiger partial charge in [-0.15, -0.1) is 11.8 Å². The molecule has 1 saturated heterocycles. The van der Waals surface area contributed by atoms with Crippen LogP contribution in [0.4, 0.5) is 0 Å². The molecule has 86 valence electrons. The summed E-state index contributed by atoms with van der Waals surface area (Å²) in [7, 11) is 0. The first-order chi connectivity index (χ1) is 7.15. The van der Waals surface area contributed by atoms with E-state index in [-0.39, 0.29) is 0 Å². The second-order valence-corrected chi connectivity index (χ2v) is 6.59. The van der Waals surface area contributed by atoms with Crippen LogP contribution in [0.25, 0.3) is 0 Å². The molecule has 0 bridgehead atoms. The lowest BCUT2D eigenvalue weighted by molar-refractivity contribution is 0.334. The quantitative estimate of drug-likeness (QED) is 0.686. The molecule has 0 amide bonds. The third kappa shape index (κ3) is 3.01. The highest BCUT2D eigenvalue weighted by Gasteiger charge is 2.29. The zero-order chi connectivity index (χ0) is 10.8. The molecule has 0 aromatic carbocycles. The van der Waals surface area contributed by atoms with Crippen molar-refractivity contribution in [2.45, 2.75) is 51.4 Å². The Balaban J connectivity index is 1.96. The van der Waals surface area contributed by atoms with Crippen LogP contribution in [0.1, 0.15) is 40.0 Å². The van der Waals surface area contributed by atoms with E-state index in [0.29, 0.717) is 5.37 Å². The first-order valence-corrected chi connectivity index (χ1v) is 7.25. The van der Waals surface area contributed by atoms with Crippen molar-refractivity contribution in [3.8, 4) is 0 Å². The van der Waals surface area contributed by atoms with Crippen molar-refractivity contribution in [3.05, 3.63) is 11.6 Å². The molecule has 1 heterocycles. The van der Waals surface area contributed by atoms with Gasteiger partial charge in [-0.05, 0) is 50.7 Å². The minimum absolute atomic E-state index is 0.708. The summed E-state index contributed by atoms with van der Waals surface area (Å²) in [6, 6.07) is 0.720. The summed E-state index contributed by atoms with van der Waals surface area (Å²) in [4.78, 5) is 0. The van der Waals surface area contributed by atoms with Gasteiger partial charge in [-0.1, -0.05) is 18.6 Å². The zero-order valence-corrected chi connectivity index (χ0v) is 10.9. The number of hydrogen-bond donors (Lipinski definition) is 1. The molecule has 4 unspecified atom stereocenters. The minimum atomic E-state index is 0.708. The molecule has 0 saturated carbocycles. The Labute approximate surface area is 98.1 Å². The molecule has 0 aromatic rings. The number of hydrogen-bond acceptors (Lipinski definition) is 2. The van der Waals surface area contributed by atoms with Crippen LogP contribution in [0, 0.1) is 11.8 Å². The molecule has 1 nitrogen and oxygen atoms in total. The predicted molar refractivity (Wildman–Crippen MR) is 69.1 cm³/mol. The van der Waals surface area contributed by atoms with Crippen molar-refractivity contribution < 1.29 is 0 Å². The molecule has 1 fully saturated rings. The van der Waals surface area contributed by atoms with Gasteiger partial charge in [0.1, 0.15) is 0 Å². The molecule has 0 spiro atoms. The molecule has 15 heavy (non-hydrogen) atoms. The van der Waals surface area contributed by atoms with Gasteiger partial charge in [0, 0.05) is 6.04 Å². The van der Waals surface area contributed by atoms with Crippen LogP contribution in [0.3, 0.4) is 0 Å². The monoisotopic (exact) mass is 225 g/mol. The van der Waals surface area contributed by atoms with Crippen molar-refractivity contribution in [2.75, 3.05) is 5.75 Å². The smallest absolute Gasteiger partial charge is 0.0566 e. The molecule has 4 atom stereocenters. The molecule has 0 aromatic heterocycles. The average Bonchev–Trinajstić information content (AvgIpc) is 2.16. The van der Waals surface area contributed by atoms with E-state index in [1.807, 2.05) is 0 Å². The summed E-state index contributed by atoms with van der Waals surface area (Å²) in [6.45, 7) is 6.97. The van der Waals surface area contributed by atoms with Crippen LogP contribution >= 0.6 is 11.8 Å². The van der Waals surface area contributed by atoms with Gasteiger partial charge in [-0.3, -0.25) is 0 Å². The van der Waals surface area contributed by atoms with Crippen molar-refractivity contribution in [3.63, 3.8) is 0 Å². The van der Waals surface area contributed by atoms with Gasteiger partial charge in [-0.2, -0.15) is 0 Å². The molecule has 2 aliphatic rings. The highest BCUT2D eigenvalue weighted by atomic mass is 32.2. The fourth-order valence-electron chi connectivity index (χ4n) is 2.88. The third-order valence-corrected chi connectivity index (χ3v) is 4.90. The molecule has 1 aliphatic carbocycles. The maximum absolute atomic E-state index is 3.76. The number of nitrogens with one attached hydrogen (secondary N) is 1. The van der Waals surface area contributed by atoms with Crippen LogP contribution in [-0.2, 0) is 0 Å². The van der Waals surface area contributed by atoms with E-state index < -0.39 is 0 Å². The average molecular weight is 225 g/mol. The van der Waals surface area contributed by atoms with Gasteiger partial charge >= 0.3 is 0 Å². The fraction of sp³-hybridized carbons (Fsp3) is 0.846. The minimum Gasteiger partial charge on any atom is -0.303 e. The van der Waals surface area contributed by atoms with Crippen LogP contribution in [0.5, 0.6) is 0 Å². The first kappa shape index (κ1) is 11.5. The van der Waals surface area contributed by atoms with Crippen LogP contribution in [0.15, 0.2) is 11.6 Å². The van der Waals surface area contributed by atoms with E-state index >= 15 is 0 Å². The molecule has 1 N–H and O–H groups in total. The molecule has 2 rings (SSSR count). The Morgan fingerprint density at radius 3 is 2.87 bits per heavy atom. The zero-order valence-electron chi connectivity index (χ0n) is 10.1. The van der Waals surface area contributed by atoms with Gasteiger partial charge in [0.05, 0.1) is 5.37 Å². The summed E-state index contributed by atoms with van der Waals surface area (Å²) in [5, 5.41) is 4.47. The van der Waals surface area contributed by atoms with E-state index in [1.165, 1.54) is 25.0 Å². The van der Waals surface area contributed by atoms with E-state index in [9.17, 15) is 0 Å². The SMILES string of the molecule is CC1=CC(C)CC(C2NC(C)CCS2)C1. The highest BCUT2D eigenvalue weighted by molar-refractivity contribution is 7.99. The summed E-state index contributed by atoms with van der Waals surface area (Å²) in [6.07, 6.45) is 6.46. The van der Waals surface area contributed by atoms with Crippen molar-refractivity contribution >= 4 is 11.8 Å². The molecular formula is C13H23NS. The fourth-order valence-corrected chi connectivity index (χ4v) is 4.43. The number of rotatable bonds is 1. The highest BCUT2D eigenvalue weighted by Crippen LogP contribution is 2.36. The Morgan fingerprint density at radius 2 is 2.20 bits per heavy atom. The molecule has 2 heteroatoms. The molecule has 1 aliphatic heterocycles. The lowest BCUT2D eigenvalue weighted by Gasteiger charge is -2.37. The second-order valence-electron chi connectivity index (χ2n) is 5.34. The van der Waals surface area contributed by atoms with Crippen molar-refractivity contribution in [1.29, 1.82) is 0 Å². The molecular weight excluding hydrogens is 202 g/mol. The largest absolute Gasteiger partial charge is 0.303 e.